The summed E-state index contributed by atoms with van der Waals surface area (Å²) in [5.74, 6) is 0.642. The minimum Gasteiger partial charge on any atom is -0.338 e. The number of nitrogens with one attached hydrogen (secondary N) is 2. The summed E-state index contributed by atoms with van der Waals surface area (Å²) in [6, 6.07) is -0.0431. The van der Waals surface area contributed by atoms with Gasteiger partial charge in [-0.15, -0.1) is 0 Å². The van der Waals surface area contributed by atoms with E-state index in [1.165, 1.54) is 38.9 Å². The molecule has 1 rings (SSSR count). The molecular formula is C14H29N3O. The molecule has 2 amide bonds. The fourth-order valence-electron chi connectivity index (χ4n) is 2.35. The molecule has 1 saturated heterocycles. The van der Waals surface area contributed by atoms with Crippen molar-refractivity contribution in [1.29, 1.82) is 0 Å². The van der Waals surface area contributed by atoms with Gasteiger partial charge < -0.3 is 15.5 Å². The second-order valence-electron chi connectivity index (χ2n) is 6.37. The van der Waals surface area contributed by atoms with E-state index in [-0.39, 0.29) is 11.6 Å². The van der Waals surface area contributed by atoms with E-state index in [4.69, 9.17) is 0 Å². The van der Waals surface area contributed by atoms with Crippen molar-refractivity contribution in [3.05, 3.63) is 0 Å². The summed E-state index contributed by atoms with van der Waals surface area (Å²) in [6.45, 7) is 12.6. The molecule has 4 nitrogen and oxygen atoms in total. The number of carbonyl (C=O) groups is 1. The fraction of sp³-hybridized carbons (Fsp3) is 0.929. The molecule has 1 aliphatic rings. The van der Waals surface area contributed by atoms with Crippen LogP contribution in [-0.2, 0) is 0 Å². The van der Waals surface area contributed by atoms with Gasteiger partial charge in [0.2, 0.25) is 0 Å². The summed E-state index contributed by atoms with van der Waals surface area (Å²) in [5, 5.41) is 5.91. The summed E-state index contributed by atoms with van der Waals surface area (Å²) >= 11 is 0. The number of rotatable bonds is 4. The summed E-state index contributed by atoms with van der Waals surface area (Å²) in [6.07, 6.45) is 3.64. The molecule has 0 radical (unpaired) electrons. The van der Waals surface area contributed by atoms with Crippen LogP contribution in [0.15, 0.2) is 0 Å². The van der Waals surface area contributed by atoms with Crippen LogP contribution in [0.1, 0.15) is 47.0 Å². The summed E-state index contributed by atoms with van der Waals surface area (Å²) in [5.41, 5.74) is -0.158. The number of hydrogen-bond acceptors (Lipinski definition) is 2. The Hall–Kier alpha value is -0.770. The second kappa shape index (κ2) is 6.98. The maximum atomic E-state index is 11.6. The van der Waals surface area contributed by atoms with Crippen LogP contribution in [0, 0.1) is 5.92 Å². The van der Waals surface area contributed by atoms with Gasteiger partial charge in [0.15, 0.2) is 0 Å². The number of nitrogens with zero attached hydrogens (tertiary/aromatic N) is 1. The number of likely N-dealkylation sites (tertiary alicyclic amines) is 1. The van der Waals surface area contributed by atoms with Crippen molar-refractivity contribution in [2.45, 2.75) is 52.5 Å². The Morgan fingerprint density at radius 3 is 2.39 bits per heavy atom. The first-order valence-corrected chi connectivity index (χ1v) is 7.19. The first-order chi connectivity index (χ1) is 8.40. The predicted octanol–water partition coefficient (Wildman–Crippen LogP) is 2.21. The maximum absolute atomic E-state index is 11.6. The lowest BCUT2D eigenvalue weighted by atomic mass is 9.97. The molecule has 18 heavy (non-hydrogen) atoms. The zero-order chi connectivity index (χ0) is 13.6. The van der Waals surface area contributed by atoms with Gasteiger partial charge in [-0.2, -0.15) is 0 Å². The van der Waals surface area contributed by atoms with Crippen LogP contribution < -0.4 is 10.6 Å². The van der Waals surface area contributed by atoms with Crippen molar-refractivity contribution in [1.82, 2.24) is 15.5 Å². The Morgan fingerprint density at radius 1 is 1.28 bits per heavy atom. The van der Waals surface area contributed by atoms with Crippen molar-refractivity contribution in [3.8, 4) is 0 Å². The van der Waals surface area contributed by atoms with E-state index in [0.29, 0.717) is 5.92 Å². The standard InChI is InChI=1S/C14H29N3O/c1-5-8-17-9-6-12(7-10-17)11-15-13(18)16-14(2,3)4/h12H,5-11H2,1-4H3,(H2,15,16,18). The van der Waals surface area contributed by atoms with E-state index in [1.54, 1.807) is 0 Å². The molecule has 0 atom stereocenters. The van der Waals surface area contributed by atoms with Gasteiger partial charge in [0.05, 0.1) is 0 Å². The lowest BCUT2D eigenvalue weighted by Gasteiger charge is -2.32. The van der Waals surface area contributed by atoms with Gasteiger partial charge in [0, 0.05) is 12.1 Å². The van der Waals surface area contributed by atoms with E-state index in [1.807, 2.05) is 20.8 Å². The van der Waals surface area contributed by atoms with Crippen LogP contribution in [0.2, 0.25) is 0 Å². The molecule has 0 aliphatic carbocycles. The minimum atomic E-state index is -0.158. The summed E-state index contributed by atoms with van der Waals surface area (Å²) in [4.78, 5) is 14.2. The third-order valence-corrected chi connectivity index (χ3v) is 3.29. The summed E-state index contributed by atoms with van der Waals surface area (Å²) < 4.78 is 0. The molecule has 0 saturated carbocycles. The lowest BCUT2D eigenvalue weighted by molar-refractivity contribution is 0.180. The van der Waals surface area contributed by atoms with Crippen molar-refractivity contribution in [3.63, 3.8) is 0 Å². The molecule has 0 aromatic carbocycles. The molecule has 0 aromatic rings. The lowest BCUT2D eigenvalue weighted by Crippen LogP contribution is -2.48. The second-order valence-corrected chi connectivity index (χ2v) is 6.37. The molecule has 1 heterocycles. The Labute approximate surface area is 111 Å². The maximum Gasteiger partial charge on any atom is 0.315 e. The number of amides is 2. The molecule has 1 fully saturated rings. The smallest absolute Gasteiger partial charge is 0.315 e. The van der Waals surface area contributed by atoms with Crippen LogP contribution in [0.3, 0.4) is 0 Å². The normalized spacial score (nSPS) is 18.7. The zero-order valence-corrected chi connectivity index (χ0v) is 12.4. The Kier molecular flexibility index (Phi) is 5.93. The Balaban J connectivity index is 2.16. The van der Waals surface area contributed by atoms with E-state index < -0.39 is 0 Å². The molecule has 0 spiro atoms. The van der Waals surface area contributed by atoms with Crippen molar-refractivity contribution < 1.29 is 4.79 Å². The number of carbonyl (C=O) groups excluding carboxylic acids is 1. The third kappa shape index (κ3) is 6.24. The van der Waals surface area contributed by atoms with Crippen LogP contribution in [-0.4, -0.2) is 42.6 Å². The monoisotopic (exact) mass is 255 g/mol. The quantitative estimate of drug-likeness (QED) is 0.809. The van der Waals surface area contributed by atoms with Gasteiger partial charge in [-0.05, 0) is 65.6 Å². The predicted molar refractivity (Wildman–Crippen MR) is 75.7 cm³/mol. The molecule has 2 N–H and O–H groups in total. The topological polar surface area (TPSA) is 44.4 Å². The average molecular weight is 255 g/mol. The van der Waals surface area contributed by atoms with Crippen molar-refractivity contribution in [2.24, 2.45) is 5.92 Å². The molecule has 0 aromatic heterocycles. The first-order valence-electron chi connectivity index (χ1n) is 7.19. The average Bonchev–Trinajstić information content (AvgIpc) is 2.26. The summed E-state index contributed by atoms with van der Waals surface area (Å²) in [7, 11) is 0. The molecule has 0 bridgehead atoms. The highest BCUT2D eigenvalue weighted by atomic mass is 16.2. The SMILES string of the molecule is CCCN1CCC(CNC(=O)NC(C)(C)C)CC1. The number of piperidine rings is 1. The Morgan fingerprint density at radius 2 is 1.89 bits per heavy atom. The Bertz CT molecular complexity index is 252. The number of hydrogen-bond donors (Lipinski definition) is 2. The molecule has 1 aliphatic heterocycles. The van der Waals surface area contributed by atoms with Gasteiger partial charge in [0.1, 0.15) is 0 Å². The molecule has 106 valence electrons. The van der Waals surface area contributed by atoms with Crippen LogP contribution >= 0.6 is 0 Å². The van der Waals surface area contributed by atoms with Gasteiger partial charge in [-0.25, -0.2) is 4.79 Å². The third-order valence-electron chi connectivity index (χ3n) is 3.29. The molecular weight excluding hydrogens is 226 g/mol. The van der Waals surface area contributed by atoms with E-state index in [9.17, 15) is 4.79 Å². The van der Waals surface area contributed by atoms with Gasteiger partial charge in [-0.3, -0.25) is 0 Å². The van der Waals surface area contributed by atoms with Crippen molar-refractivity contribution in [2.75, 3.05) is 26.2 Å². The van der Waals surface area contributed by atoms with E-state index in [2.05, 4.69) is 22.5 Å². The number of urea groups is 1. The van der Waals surface area contributed by atoms with Gasteiger partial charge in [0.25, 0.3) is 0 Å². The van der Waals surface area contributed by atoms with Crippen molar-refractivity contribution >= 4 is 6.03 Å². The highest BCUT2D eigenvalue weighted by Crippen LogP contribution is 2.16. The zero-order valence-electron chi connectivity index (χ0n) is 12.4. The highest BCUT2D eigenvalue weighted by Gasteiger charge is 2.20. The van der Waals surface area contributed by atoms with Crippen LogP contribution in [0.5, 0.6) is 0 Å². The highest BCUT2D eigenvalue weighted by molar-refractivity contribution is 5.74. The largest absolute Gasteiger partial charge is 0.338 e. The molecule has 4 heteroatoms. The van der Waals surface area contributed by atoms with E-state index in [0.717, 1.165) is 6.54 Å². The molecule has 0 unspecified atom stereocenters. The van der Waals surface area contributed by atoms with Crippen LogP contribution in [0.25, 0.3) is 0 Å². The first kappa shape index (κ1) is 15.3. The van der Waals surface area contributed by atoms with Crippen LogP contribution in [0.4, 0.5) is 4.79 Å². The van der Waals surface area contributed by atoms with Gasteiger partial charge >= 0.3 is 6.03 Å². The fourth-order valence-corrected chi connectivity index (χ4v) is 2.35. The minimum absolute atomic E-state index is 0.0431. The van der Waals surface area contributed by atoms with E-state index >= 15 is 0 Å². The van der Waals surface area contributed by atoms with Gasteiger partial charge in [-0.1, -0.05) is 6.92 Å².